The molecular weight excluding hydrogens is 398 g/mol. The summed E-state index contributed by atoms with van der Waals surface area (Å²) in [4.78, 5) is 5.22. The molecule has 2 fully saturated rings. The minimum Gasteiger partial charge on any atom is -0.327 e. The van der Waals surface area contributed by atoms with Crippen LogP contribution in [-0.2, 0) is 4.74 Å². The standard InChI is InChI=1S/C23H19N3OS2/c24-15-22(16-25)23(29-20(27-22)18-11-5-2-6-12-18)21(13-7-8-14-21)26-19(28-23)17-9-3-1-4-10-17/h1-6,9-12,20H,7-8,13-14H2/t20-,23-/m0/s1. The average Bonchev–Trinajstić information content (AvgIpc) is 3.48. The van der Waals surface area contributed by atoms with E-state index >= 15 is 0 Å². The molecule has 2 aromatic carbocycles. The molecule has 0 unspecified atom stereocenters. The molecule has 144 valence electrons. The molecule has 2 atom stereocenters. The number of hydrogen-bond donors (Lipinski definition) is 0. The van der Waals surface area contributed by atoms with Crippen LogP contribution >= 0.6 is 23.5 Å². The fraction of sp³-hybridized carbons (Fsp3) is 0.348. The zero-order chi connectivity index (χ0) is 20.0. The van der Waals surface area contributed by atoms with Gasteiger partial charge in [0.2, 0.25) is 0 Å². The van der Waals surface area contributed by atoms with E-state index in [1.165, 1.54) is 0 Å². The smallest absolute Gasteiger partial charge is 0.269 e. The van der Waals surface area contributed by atoms with Crippen molar-refractivity contribution in [2.75, 3.05) is 0 Å². The Morgan fingerprint density at radius 1 is 0.931 bits per heavy atom. The second kappa shape index (κ2) is 6.92. The fourth-order valence-electron chi connectivity index (χ4n) is 4.63. The van der Waals surface area contributed by atoms with Crippen molar-refractivity contribution in [2.24, 2.45) is 4.99 Å². The lowest BCUT2D eigenvalue weighted by molar-refractivity contribution is 0.0216. The van der Waals surface area contributed by atoms with Crippen molar-refractivity contribution in [1.82, 2.24) is 0 Å². The lowest BCUT2D eigenvalue weighted by atomic mass is 9.83. The molecular formula is C23H19N3OS2. The van der Waals surface area contributed by atoms with Crippen LogP contribution < -0.4 is 0 Å². The van der Waals surface area contributed by atoms with E-state index < -0.39 is 15.2 Å². The number of hydrogen-bond acceptors (Lipinski definition) is 6. The van der Waals surface area contributed by atoms with E-state index in [1.807, 2.05) is 60.7 Å². The first-order chi connectivity index (χ1) is 14.2. The molecule has 5 rings (SSSR count). The molecule has 2 heterocycles. The molecule has 1 saturated heterocycles. The minimum atomic E-state index is -1.56. The quantitative estimate of drug-likeness (QED) is 0.651. The van der Waals surface area contributed by atoms with E-state index in [-0.39, 0.29) is 5.44 Å². The van der Waals surface area contributed by atoms with Gasteiger partial charge in [-0.05, 0) is 18.4 Å². The zero-order valence-corrected chi connectivity index (χ0v) is 17.4. The third kappa shape index (κ3) is 2.60. The first kappa shape index (κ1) is 18.8. The summed E-state index contributed by atoms with van der Waals surface area (Å²) in [6.45, 7) is 0. The van der Waals surface area contributed by atoms with Gasteiger partial charge in [-0.1, -0.05) is 97.0 Å². The van der Waals surface area contributed by atoms with E-state index in [1.54, 1.807) is 23.5 Å². The molecule has 0 N–H and O–H groups in total. The number of nitriles is 2. The highest BCUT2D eigenvalue weighted by Gasteiger charge is 2.75. The van der Waals surface area contributed by atoms with E-state index in [0.717, 1.165) is 41.9 Å². The Morgan fingerprint density at radius 3 is 2.17 bits per heavy atom. The Bertz CT molecular complexity index is 1020. The number of fused-ring (bicyclic) bond motifs is 1. The molecule has 0 radical (unpaired) electrons. The normalized spacial score (nSPS) is 28.9. The summed E-state index contributed by atoms with van der Waals surface area (Å²) in [5.74, 6) is 0. The van der Waals surface area contributed by atoms with Crippen LogP contribution in [-0.4, -0.2) is 20.3 Å². The summed E-state index contributed by atoms with van der Waals surface area (Å²) in [5.41, 5.74) is -0.387. The fourth-order valence-corrected chi connectivity index (χ4v) is 8.35. The Kier molecular flexibility index (Phi) is 4.47. The van der Waals surface area contributed by atoms with Crippen molar-refractivity contribution in [3.63, 3.8) is 0 Å². The Labute approximate surface area is 179 Å². The third-order valence-electron chi connectivity index (χ3n) is 6.03. The summed E-state index contributed by atoms with van der Waals surface area (Å²) >= 11 is 3.17. The minimum absolute atomic E-state index is 0.370. The number of thioether (sulfide) groups is 2. The Balaban J connectivity index is 1.65. The predicted molar refractivity (Wildman–Crippen MR) is 116 cm³/mol. The number of nitrogens with zero attached hydrogens (tertiary/aromatic N) is 3. The van der Waals surface area contributed by atoms with Gasteiger partial charge >= 0.3 is 0 Å². The molecule has 0 aromatic heterocycles. The van der Waals surface area contributed by atoms with Crippen molar-refractivity contribution in [2.45, 2.75) is 46.3 Å². The molecule has 2 spiro atoms. The van der Waals surface area contributed by atoms with Gasteiger partial charge in [-0.3, -0.25) is 4.99 Å². The molecule has 6 heteroatoms. The van der Waals surface area contributed by atoms with Crippen LogP contribution in [0.25, 0.3) is 0 Å². The lowest BCUT2D eigenvalue weighted by Crippen LogP contribution is -2.56. The van der Waals surface area contributed by atoms with Crippen molar-refractivity contribution in [1.29, 1.82) is 10.5 Å². The second-order valence-electron chi connectivity index (χ2n) is 7.62. The molecule has 0 amide bonds. The van der Waals surface area contributed by atoms with Crippen LogP contribution in [0.15, 0.2) is 65.7 Å². The maximum absolute atomic E-state index is 10.2. The molecule has 29 heavy (non-hydrogen) atoms. The summed E-state index contributed by atoms with van der Waals surface area (Å²) in [6.07, 6.45) is 3.85. The molecule has 4 nitrogen and oxygen atoms in total. The Morgan fingerprint density at radius 2 is 1.55 bits per heavy atom. The van der Waals surface area contributed by atoms with Gasteiger partial charge in [-0.25, -0.2) is 0 Å². The highest BCUT2D eigenvalue weighted by molar-refractivity contribution is 8.27. The average molecular weight is 418 g/mol. The van der Waals surface area contributed by atoms with Crippen LogP contribution in [0.4, 0.5) is 0 Å². The van der Waals surface area contributed by atoms with E-state index in [9.17, 15) is 10.5 Å². The third-order valence-corrected chi connectivity index (χ3v) is 9.62. The summed E-state index contributed by atoms with van der Waals surface area (Å²) in [6, 6.07) is 24.5. The highest BCUT2D eigenvalue weighted by atomic mass is 32.2. The first-order valence-corrected chi connectivity index (χ1v) is 11.4. The van der Waals surface area contributed by atoms with Gasteiger partial charge in [0.25, 0.3) is 5.60 Å². The van der Waals surface area contributed by atoms with Crippen LogP contribution in [0.2, 0.25) is 0 Å². The molecule has 0 bridgehead atoms. The van der Waals surface area contributed by atoms with Gasteiger partial charge in [0.15, 0.2) is 4.08 Å². The van der Waals surface area contributed by atoms with Crippen LogP contribution in [0.5, 0.6) is 0 Å². The molecule has 1 saturated carbocycles. The molecule has 2 aliphatic heterocycles. The van der Waals surface area contributed by atoms with E-state index in [4.69, 9.17) is 9.73 Å². The number of rotatable bonds is 2. The monoisotopic (exact) mass is 417 g/mol. The van der Waals surface area contributed by atoms with Crippen molar-refractivity contribution in [3.05, 3.63) is 71.8 Å². The van der Waals surface area contributed by atoms with Crippen LogP contribution in [0.3, 0.4) is 0 Å². The SMILES string of the molecule is N#CC1(C#N)O[C@H](c2ccccc2)S[C@]12SC(c1ccccc1)=NC21CCCC1. The topological polar surface area (TPSA) is 69.2 Å². The van der Waals surface area contributed by atoms with E-state index in [2.05, 4.69) is 12.1 Å². The number of aliphatic imine (C=N–C) groups is 1. The van der Waals surface area contributed by atoms with Crippen LogP contribution in [0.1, 0.15) is 42.2 Å². The molecule has 1 aliphatic carbocycles. The zero-order valence-electron chi connectivity index (χ0n) is 15.7. The van der Waals surface area contributed by atoms with Gasteiger partial charge in [-0.15, -0.1) is 0 Å². The number of benzene rings is 2. The maximum atomic E-state index is 10.2. The van der Waals surface area contributed by atoms with Gasteiger partial charge < -0.3 is 4.74 Å². The van der Waals surface area contributed by atoms with Crippen molar-refractivity contribution >= 4 is 28.6 Å². The van der Waals surface area contributed by atoms with Crippen molar-refractivity contribution < 1.29 is 4.74 Å². The summed E-state index contributed by atoms with van der Waals surface area (Å²) < 4.78 is 5.50. The van der Waals surface area contributed by atoms with Gasteiger partial charge in [0.1, 0.15) is 22.6 Å². The maximum Gasteiger partial charge on any atom is 0.269 e. The highest BCUT2D eigenvalue weighted by Crippen LogP contribution is 2.71. The summed E-state index contributed by atoms with van der Waals surface area (Å²) in [5, 5.41) is 21.4. The molecule has 3 aliphatic rings. The van der Waals surface area contributed by atoms with Gasteiger partial charge in [0.05, 0.1) is 5.54 Å². The van der Waals surface area contributed by atoms with Crippen LogP contribution in [0, 0.1) is 22.7 Å². The first-order valence-electron chi connectivity index (χ1n) is 9.75. The number of ether oxygens (including phenoxy) is 1. The van der Waals surface area contributed by atoms with Crippen molar-refractivity contribution in [3.8, 4) is 12.1 Å². The van der Waals surface area contributed by atoms with Gasteiger partial charge in [0, 0.05) is 5.56 Å². The predicted octanol–water partition coefficient (Wildman–Crippen LogP) is 5.44. The largest absolute Gasteiger partial charge is 0.327 e. The van der Waals surface area contributed by atoms with Gasteiger partial charge in [-0.2, -0.15) is 10.5 Å². The molecule has 2 aromatic rings. The lowest BCUT2D eigenvalue weighted by Gasteiger charge is -2.40. The van der Waals surface area contributed by atoms with E-state index in [0.29, 0.717) is 0 Å². The Hall–Kier alpha value is -2.25. The summed E-state index contributed by atoms with van der Waals surface area (Å²) in [7, 11) is 0. The second-order valence-corrected chi connectivity index (χ2v) is 10.4.